The number of rotatable bonds is 5. The van der Waals surface area contributed by atoms with E-state index in [1.807, 2.05) is 0 Å². The number of carbonyl (C=O) groups is 1. The summed E-state index contributed by atoms with van der Waals surface area (Å²) in [6.07, 6.45) is -1.63. The molecule has 1 atom stereocenters. The fourth-order valence-electron chi connectivity index (χ4n) is 1.16. The van der Waals surface area contributed by atoms with E-state index in [1.54, 1.807) is 0 Å². The molecule has 0 aliphatic rings. The molecule has 17 heavy (non-hydrogen) atoms. The van der Waals surface area contributed by atoms with E-state index in [2.05, 4.69) is 21.2 Å². The van der Waals surface area contributed by atoms with Gasteiger partial charge in [-0.2, -0.15) is 0 Å². The second kappa shape index (κ2) is 5.92. The quantitative estimate of drug-likeness (QED) is 0.727. The fraction of sp³-hybridized carbons (Fsp3) is 0.300. The second-order valence-corrected chi connectivity index (χ2v) is 4.23. The van der Waals surface area contributed by atoms with Gasteiger partial charge in [0, 0.05) is 12.6 Å². The first kappa shape index (κ1) is 13.9. The van der Waals surface area contributed by atoms with Gasteiger partial charge in [-0.15, -0.1) is 0 Å². The second-order valence-electron chi connectivity index (χ2n) is 3.38. The van der Waals surface area contributed by atoms with Crippen molar-refractivity contribution >= 4 is 27.6 Å². The van der Waals surface area contributed by atoms with E-state index in [9.17, 15) is 18.7 Å². The van der Waals surface area contributed by atoms with Crippen molar-refractivity contribution < 1.29 is 23.8 Å². The third kappa shape index (κ3) is 4.27. The van der Waals surface area contributed by atoms with Crippen LogP contribution < -0.4 is 5.32 Å². The van der Waals surface area contributed by atoms with E-state index in [0.717, 1.165) is 12.1 Å². The summed E-state index contributed by atoms with van der Waals surface area (Å²) in [5.74, 6) is -2.51. The minimum absolute atomic E-state index is 0.00775. The topological polar surface area (TPSA) is 69.6 Å². The molecule has 0 aliphatic heterocycles. The van der Waals surface area contributed by atoms with Crippen LogP contribution in [0.5, 0.6) is 0 Å². The van der Waals surface area contributed by atoms with Gasteiger partial charge >= 0.3 is 5.97 Å². The molecule has 1 aromatic carbocycles. The van der Waals surface area contributed by atoms with Crippen molar-refractivity contribution in [1.82, 2.24) is 0 Å². The van der Waals surface area contributed by atoms with Crippen molar-refractivity contribution in [2.24, 2.45) is 0 Å². The van der Waals surface area contributed by atoms with Gasteiger partial charge in [0.15, 0.2) is 0 Å². The Morgan fingerprint density at radius 3 is 2.65 bits per heavy atom. The Morgan fingerprint density at radius 1 is 1.41 bits per heavy atom. The molecule has 1 unspecified atom stereocenters. The number of aliphatic hydroxyl groups excluding tert-OH is 1. The number of hydrogen-bond donors (Lipinski definition) is 3. The molecule has 3 N–H and O–H groups in total. The van der Waals surface area contributed by atoms with Crippen molar-refractivity contribution in [1.29, 1.82) is 0 Å². The maximum Gasteiger partial charge on any atom is 0.306 e. The molecular formula is C10H10BrF2NO3. The summed E-state index contributed by atoms with van der Waals surface area (Å²) < 4.78 is 26.4. The summed E-state index contributed by atoms with van der Waals surface area (Å²) in [6.45, 7) is -0.176. The predicted molar refractivity (Wildman–Crippen MR) is 60.8 cm³/mol. The third-order valence-corrected chi connectivity index (χ3v) is 2.56. The Labute approximate surface area is 104 Å². The minimum Gasteiger partial charge on any atom is -0.481 e. The van der Waals surface area contributed by atoms with E-state index in [0.29, 0.717) is 0 Å². The highest BCUT2D eigenvalue weighted by Gasteiger charge is 2.12. The summed E-state index contributed by atoms with van der Waals surface area (Å²) in [4.78, 5) is 10.3. The van der Waals surface area contributed by atoms with Crippen molar-refractivity contribution in [2.75, 3.05) is 11.9 Å². The average molecular weight is 310 g/mol. The van der Waals surface area contributed by atoms with E-state index in [1.165, 1.54) is 0 Å². The summed E-state index contributed by atoms with van der Waals surface area (Å²) >= 11 is 2.82. The average Bonchev–Trinajstić information content (AvgIpc) is 2.20. The summed E-state index contributed by atoms with van der Waals surface area (Å²) in [7, 11) is 0. The molecule has 0 radical (unpaired) electrons. The van der Waals surface area contributed by atoms with Gasteiger partial charge in [0.2, 0.25) is 0 Å². The van der Waals surface area contributed by atoms with Gasteiger partial charge in [0.05, 0.1) is 22.7 Å². The maximum atomic E-state index is 13.3. The lowest BCUT2D eigenvalue weighted by atomic mass is 10.2. The monoisotopic (exact) mass is 309 g/mol. The first-order valence-corrected chi connectivity index (χ1v) is 5.47. The first-order valence-electron chi connectivity index (χ1n) is 4.68. The Balaban J connectivity index is 2.63. The first-order chi connectivity index (χ1) is 7.90. The molecule has 0 spiro atoms. The van der Waals surface area contributed by atoms with Crippen LogP contribution in [0.2, 0.25) is 0 Å². The van der Waals surface area contributed by atoms with Crippen LogP contribution in [0.15, 0.2) is 16.6 Å². The molecule has 94 valence electrons. The van der Waals surface area contributed by atoms with Crippen LogP contribution in [0.25, 0.3) is 0 Å². The van der Waals surface area contributed by atoms with Gasteiger partial charge in [0.1, 0.15) is 11.6 Å². The van der Waals surface area contributed by atoms with Crippen LogP contribution >= 0.6 is 15.9 Å². The molecule has 0 amide bonds. The number of carboxylic acids is 1. The third-order valence-electron chi connectivity index (χ3n) is 1.95. The van der Waals surface area contributed by atoms with Crippen LogP contribution in [-0.2, 0) is 4.79 Å². The largest absolute Gasteiger partial charge is 0.481 e. The van der Waals surface area contributed by atoms with E-state index >= 15 is 0 Å². The van der Waals surface area contributed by atoms with Crippen LogP contribution in [0.4, 0.5) is 14.5 Å². The highest BCUT2D eigenvalue weighted by atomic mass is 79.9. The molecule has 1 aromatic rings. The Morgan fingerprint density at radius 2 is 2.06 bits per heavy atom. The normalized spacial score (nSPS) is 12.2. The van der Waals surface area contributed by atoms with E-state index in [-0.39, 0.29) is 16.7 Å². The van der Waals surface area contributed by atoms with Gasteiger partial charge < -0.3 is 15.5 Å². The molecule has 0 saturated heterocycles. The number of aliphatic carboxylic acids is 1. The zero-order valence-corrected chi connectivity index (χ0v) is 10.2. The summed E-state index contributed by atoms with van der Waals surface area (Å²) in [6, 6.07) is 1.87. The summed E-state index contributed by atoms with van der Waals surface area (Å²) in [5, 5.41) is 20.1. The number of halogens is 3. The maximum absolute atomic E-state index is 13.3. The van der Waals surface area contributed by atoms with Crippen LogP contribution in [0.1, 0.15) is 6.42 Å². The zero-order valence-electron chi connectivity index (χ0n) is 8.58. The van der Waals surface area contributed by atoms with Crippen molar-refractivity contribution in [2.45, 2.75) is 12.5 Å². The molecule has 1 rings (SSSR count). The minimum atomic E-state index is -1.17. The molecular weight excluding hydrogens is 300 g/mol. The van der Waals surface area contributed by atoms with Gasteiger partial charge in [-0.05, 0) is 22.0 Å². The molecule has 0 aliphatic carbocycles. The number of anilines is 1. The summed E-state index contributed by atoms with van der Waals surface area (Å²) in [5.41, 5.74) is -0.130. The molecule has 7 heteroatoms. The SMILES string of the molecule is O=C(O)CC(O)CNc1cc(F)c(Br)cc1F. The lowest BCUT2D eigenvalue weighted by molar-refractivity contribution is -0.138. The molecule has 0 heterocycles. The van der Waals surface area contributed by atoms with Crippen molar-refractivity contribution in [3.05, 3.63) is 28.2 Å². The van der Waals surface area contributed by atoms with Gasteiger partial charge in [-0.1, -0.05) is 0 Å². The van der Waals surface area contributed by atoms with Crippen molar-refractivity contribution in [3.8, 4) is 0 Å². The number of hydrogen-bond acceptors (Lipinski definition) is 3. The Hall–Kier alpha value is -1.21. The number of carboxylic acid groups (broad SMARTS) is 1. The zero-order chi connectivity index (χ0) is 13.0. The van der Waals surface area contributed by atoms with Gasteiger partial charge in [-0.25, -0.2) is 8.78 Å². The standard InChI is InChI=1S/C10H10BrF2NO3/c11-6-2-8(13)9(3-7(6)12)14-4-5(15)1-10(16)17/h2-3,5,14-15H,1,4H2,(H,16,17). The highest BCUT2D eigenvalue weighted by molar-refractivity contribution is 9.10. The molecule has 0 aromatic heterocycles. The number of aliphatic hydroxyl groups is 1. The number of nitrogens with one attached hydrogen (secondary N) is 1. The van der Waals surface area contributed by atoms with Crippen LogP contribution in [0, 0.1) is 11.6 Å². The lowest BCUT2D eigenvalue weighted by Gasteiger charge is -2.12. The number of benzene rings is 1. The Kier molecular flexibility index (Phi) is 4.83. The molecule has 4 nitrogen and oxygen atoms in total. The highest BCUT2D eigenvalue weighted by Crippen LogP contribution is 2.23. The van der Waals surface area contributed by atoms with E-state index in [4.69, 9.17) is 5.11 Å². The van der Waals surface area contributed by atoms with Gasteiger partial charge in [-0.3, -0.25) is 4.79 Å². The Bertz CT molecular complexity index is 428. The lowest BCUT2D eigenvalue weighted by Crippen LogP contribution is -2.23. The van der Waals surface area contributed by atoms with E-state index < -0.39 is 30.1 Å². The van der Waals surface area contributed by atoms with Crippen molar-refractivity contribution in [3.63, 3.8) is 0 Å². The van der Waals surface area contributed by atoms with Crippen LogP contribution in [0.3, 0.4) is 0 Å². The molecule has 0 fully saturated rings. The van der Waals surface area contributed by atoms with Crippen LogP contribution in [-0.4, -0.2) is 28.8 Å². The molecule has 0 bridgehead atoms. The fourth-order valence-corrected chi connectivity index (χ4v) is 1.47. The van der Waals surface area contributed by atoms with Gasteiger partial charge in [0.25, 0.3) is 0 Å². The smallest absolute Gasteiger partial charge is 0.306 e. The molecule has 0 saturated carbocycles. The predicted octanol–water partition coefficient (Wildman–Crippen LogP) is 1.97.